The summed E-state index contributed by atoms with van der Waals surface area (Å²) in [5, 5.41) is 0. The van der Waals surface area contributed by atoms with E-state index in [1.165, 1.54) is 0 Å². The maximum atomic E-state index is 12.7. The van der Waals surface area contributed by atoms with Crippen molar-refractivity contribution in [3.8, 4) is 0 Å². The van der Waals surface area contributed by atoms with E-state index in [9.17, 15) is 4.79 Å². The molecular formula is C21H25N3O. The van der Waals surface area contributed by atoms with Crippen molar-refractivity contribution in [1.82, 2.24) is 9.88 Å². The Hall–Kier alpha value is -2.62. The van der Waals surface area contributed by atoms with Crippen molar-refractivity contribution in [3.05, 3.63) is 66.0 Å². The van der Waals surface area contributed by atoms with Crippen molar-refractivity contribution in [3.63, 3.8) is 0 Å². The highest BCUT2D eigenvalue weighted by Crippen LogP contribution is 2.30. The smallest absolute Gasteiger partial charge is 0.247 e. The molecule has 1 aromatic heterocycles. The molecule has 1 amide bonds. The van der Waals surface area contributed by atoms with Crippen molar-refractivity contribution in [2.45, 2.75) is 25.3 Å². The number of aromatic nitrogens is 1. The number of pyridine rings is 1. The average Bonchev–Trinajstić information content (AvgIpc) is 2.67. The number of likely N-dealkylation sites (tertiary alicyclic amines) is 1. The summed E-state index contributed by atoms with van der Waals surface area (Å²) in [6.07, 6.45) is 10.5. The molecule has 1 aliphatic heterocycles. The Balaban J connectivity index is 1.72. The number of amides is 1. The molecule has 0 aliphatic carbocycles. The zero-order chi connectivity index (χ0) is 17.6. The van der Waals surface area contributed by atoms with E-state index in [2.05, 4.69) is 28.1 Å². The highest BCUT2D eigenvalue weighted by Gasteiger charge is 2.26. The molecule has 0 saturated carbocycles. The van der Waals surface area contributed by atoms with Crippen LogP contribution in [-0.4, -0.2) is 36.4 Å². The van der Waals surface area contributed by atoms with Gasteiger partial charge in [0.15, 0.2) is 0 Å². The molecule has 25 heavy (non-hydrogen) atoms. The third-order valence-corrected chi connectivity index (χ3v) is 4.68. The third kappa shape index (κ3) is 4.27. The Morgan fingerprint density at radius 2 is 2.00 bits per heavy atom. The number of nitrogens with zero attached hydrogens (tertiary/aromatic N) is 3. The van der Waals surface area contributed by atoms with Crippen LogP contribution in [0.1, 0.15) is 36.4 Å². The van der Waals surface area contributed by atoms with Crippen molar-refractivity contribution < 1.29 is 4.79 Å². The van der Waals surface area contributed by atoms with E-state index >= 15 is 0 Å². The lowest BCUT2D eigenvalue weighted by atomic mass is 9.96. The molecule has 0 spiro atoms. The summed E-state index contributed by atoms with van der Waals surface area (Å²) in [5.41, 5.74) is 3.31. The van der Waals surface area contributed by atoms with Crippen LogP contribution < -0.4 is 4.90 Å². The van der Waals surface area contributed by atoms with Gasteiger partial charge in [-0.25, -0.2) is 0 Å². The molecule has 1 aromatic carbocycles. The lowest BCUT2D eigenvalue weighted by molar-refractivity contribution is -0.129. The van der Waals surface area contributed by atoms with Gasteiger partial charge in [-0.3, -0.25) is 9.78 Å². The monoisotopic (exact) mass is 335 g/mol. The molecule has 1 aliphatic rings. The van der Waals surface area contributed by atoms with Gasteiger partial charge in [0.2, 0.25) is 5.91 Å². The first-order valence-corrected chi connectivity index (χ1v) is 8.81. The molecule has 0 bridgehead atoms. The van der Waals surface area contributed by atoms with Gasteiger partial charge in [0.05, 0.1) is 6.04 Å². The Morgan fingerprint density at radius 3 is 2.68 bits per heavy atom. The van der Waals surface area contributed by atoms with Gasteiger partial charge in [-0.2, -0.15) is 0 Å². The summed E-state index contributed by atoms with van der Waals surface area (Å²) in [5.74, 6) is 0.0743. The van der Waals surface area contributed by atoms with E-state index in [-0.39, 0.29) is 11.9 Å². The molecule has 4 nitrogen and oxygen atoms in total. The number of rotatable bonds is 4. The molecule has 0 radical (unpaired) electrons. The average molecular weight is 335 g/mol. The van der Waals surface area contributed by atoms with E-state index in [0.717, 1.165) is 42.6 Å². The van der Waals surface area contributed by atoms with E-state index in [4.69, 9.17) is 0 Å². The lowest BCUT2D eigenvalue weighted by Crippen LogP contribution is -2.37. The van der Waals surface area contributed by atoms with Gasteiger partial charge >= 0.3 is 0 Å². The first-order chi connectivity index (χ1) is 12.1. The summed E-state index contributed by atoms with van der Waals surface area (Å²) in [7, 11) is 4.03. The Kier molecular flexibility index (Phi) is 5.49. The summed E-state index contributed by atoms with van der Waals surface area (Å²) < 4.78 is 0. The van der Waals surface area contributed by atoms with Crippen LogP contribution in [0.25, 0.3) is 6.08 Å². The van der Waals surface area contributed by atoms with Crippen LogP contribution in [-0.2, 0) is 4.79 Å². The topological polar surface area (TPSA) is 36.4 Å². The molecule has 1 unspecified atom stereocenters. The predicted octanol–water partition coefficient (Wildman–Crippen LogP) is 3.91. The van der Waals surface area contributed by atoms with Crippen molar-refractivity contribution in [2.24, 2.45) is 0 Å². The van der Waals surface area contributed by atoms with Crippen molar-refractivity contribution >= 4 is 17.7 Å². The normalized spacial score (nSPS) is 17.7. The van der Waals surface area contributed by atoms with Crippen LogP contribution in [0.3, 0.4) is 0 Å². The van der Waals surface area contributed by atoms with E-state index in [1.807, 2.05) is 49.5 Å². The highest BCUT2D eigenvalue weighted by atomic mass is 16.2. The quantitative estimate of drug-likeness (QED) is 0.795. The van der Waals surface area contributed by atoms with Gasteiger partial charge in [0.1, 0.15) is 0 Å². The van der Waals surface area contributed by atoms with Gasteiger partial charge in [-0.15, -0.1) is 0 Å². The van der Waals surface area contributed by atoms with Crippen LogP contribution in [0, 0.1) is 0 Å². The Labute approximate surface area is 149 Å². The Bertz CT molecular complexity index is 723. The van der Waals surface area contributed by atoms with E-state index < -0.39 is 0 Å². The number of hydrogen-bond donors (Lipinski definition) is 0. The second kappa shape index (κ2) is 7.97. The summed E-state index contributed by atoms with van der Waals surface area (Å²) in [6, 6.07) is 12.3. The fourth-order valence-electron chi connectivity index (χ4n) is 3.26. The number of carbonyl (C=O) groups excluding carboxylic acids is 1. The molecule has 1 atom stereocenters. The largest absolute Gasteiger partial charge is 0.378 e. The number of carbonyl (C=O) groups is 1. The second-order valence-electron chi connectivity index (χ2n) is 6.65. The maximum Gasteiger partial charge on any atom is 0.247 e. The summed E-state index contributed by atoms with van der Waals surface area (Å²) in [4.78, 5) is 21.0. The maximum absolute atomic E-state index is 12.7. The minimum atomic E-state index is 0.0743. The van der Waals surface area contributed by atoms with Crippen molar-refractivity contribution in [2.75, 3.05) is 25.5 Å². The lowest BCUT2D eigenvalue weighted by Gasteiger charge is -2.35. The molecule has 1 fully saturated rings. The highest BCUT2D eigenvalue weighted by molar-refractivity contribution is 5.92. The molecule has 0 N–H and O–H groups in total. The van der Waals surface area contributed by atoms with Crippen LogP contribution in [0.5, 0.6) is 0 Å². The van der Waals surface area contributed by atoms with Crippen LogP contribution in [0.15, 0.2) is 54.9 Å². The molecule has 1 saturated heterocycles. The van der Waals surface area contributed by atoms with Crippen molar-refractivity contribution in [1.29, 1.82) is 0 Å². The molecule has 2 heterocycles. The molecule has 2 aromatic rings. The molecule has 130 valence electrons. The standard InChI is InChI=1S/C21H25N3O/c1-23(2)19-11-8-17(9-12-19)10-13-21(25)24-15-4-3-7-20(24)18-6-5-14-22-16-18/h5-6,8-14,16,20H,3-4,7,15H2,1-2H3/b13-10+. The number of piperidine rings is 1. The summed E-state index contributed by atoms with van der Waals surface area (Å²) in [6.45, 7) is 0.808. The van der Waals surface area contributed by atoms with E-state index in [1.54, 1.807) is 12.3 Å². The predicted molar refractivity (Wildman–Crippen MR) is 102 cm³/mol. The second-order valence-corrected chi connectivity index (χ2v) is 6.65. The summed E-state index contributed by atoms with van der Waals surface area (Å²) >= 11 is 0. The molecule has 3 rings (SSSR count). The number of hydrogen-bond acceptors (Lipinski definition) is 3. The Morgan fingerprint density at radius 1 is 1.20 bits per heavy atom. The van der Waals surface area contributed by atoms with Gasteiger partial charge < -0.3 is 9.80 Å². The third-order valence-electron chi connectivity index (χ3n) is 4.68. The minimum Gasteiger partial charge on any atom is -0.378 e. The van der Waals surface area contributed by atoms with E-state index in [0.29, 0.717) is 0 Å². The zero-order valence-electron chi connectivity index (χ0n) is 14.9. The van der Waals surface area contributed by atoms with Gasteiger partial charge in [-0.05, 0) is 54.7 Å². The molecule has 4 heteroatoms. The van der Waals surface area contributed by atoms with Crippen LogP contribution in [0.2, 0.25) is 0 Å². The zero-order valence-corrected chi connectivity index (χ0v) is 14.9. The number of benzene rings is 1. The first kappa shape index (κ1) is 17.2. The van der Waals surface area contributed by atoms with Gasteiger partial charge in [0.25, 0.3) is 0 Å². The number of anilines is 1. The molecular weight excluding hydrogens is 310 g/mol. The fourth-order valence-corrected chi connectivity index (χ4v) is 3.26. The van der Waals surface area contributed by atoms with Crippen LogP contribution >= 0.6 is 0 Å². The minimum absolute atomic E-state index is 0.0743. The fraction of sp³-hybridized carbons (Fsp3) is 0.333. The van der Waals surface area contributed by atoms with Gasteiger partial charge in [-0.1, -0.05) is 18.2 Å². The first-order valence-electron chi connectivity index (χ1n) is 8.81. The SMILES string of the molecule is CN(C)c1ccc(/C=C/C(=O)N2CCCCC2c2cccnc2)cc1. The van der Waals surface area contributed by atoms with Gasteiger partial charge in [0, 0.05) is 44.8 Å². The van der Waals surface area contributed by atoms with Crippen LogP contribution in [0.4, 0.5) is 5.69 Å².